The molecule has 25 heavy (non-hydrogen) atoms. The number of hydrogen-bond acceptors (Lipinski definition) is 3. The highest BCUT2D eigenvalue weighted by Crippen LogP contribution is 2.24. The van der Waals surface area contributed by atoms with Crippen LogP contribution in [0.25, 0.3) is 0 Å². The van der Waals surface area contributed by atoms with Gasteiger partial charge in [-0.1, -0.05) is 18.2 Å². The minimum atomic E-state index is -0.155. The number of anilines is 1. The Labute approximate surface area is 149 Å². The van der Waals surface area contributed by atoms with E-state index >= 15 is 0 Å². The molecule has 0 spiro atoms. The molecule has 0 bridgehead atoms. The Kier molecular flexibility index (Phi) is 5.88. The van der Waals surface area contributed by atoms with Gasteiger partial charge in [-0.3, -0.25) is 4.98 Å². The highest BCUT2D eigenvalue weighted by atomic mass is 16.2. The average Bonchev–Trinajstić information content (AvgIpc) is 2.68. The summed E-state index contributed by atoms with van der Waals surface area (Å²) in [5.74, 6) is 0. The van der Waals surface area contributed by atoms with Crippen molar-refractivity contribution in [3.63, 3.8) is 0 Å². The molecule has 2 aromatic rings. The quantitative estimate of drug-likeness (QED) is 0.875. The molecule has 1 aromatic carbocycles. The largest absolute Gasteiger partial charge is 0.371 e. The molecule has 0 unspecified atom stereocenters. The van der Waals surface area contributed by atoms with Crippen molar-refractivity contribution in [2.75, 3.05) is 18.0 Å². The summed E-state index contributed by atoms with van der Waals surface area (Å²) in [4.78, 5) is 18.7. The van der Waals surface area contributed by atoms with Crippen LogP contribution in [0.1, 0.15) is 43.4 Å². The van der Waals surface area contributed by atoms with Crippen molar-refractivity contribution in [1.29, 1.82) is 0 Å². The lowest BCUT2D eigenvalue weighted by molar-refractivity contribution is 0.237. The molecule has 1 atom stereocenters. The van der Waals surface area contributed by atoms with Gasteiger partial charge in [-0.2, -0.15) is 0 Å². The lowest BCUT2D eigenvalue weighted by Crippen LogP contribution is -2.37. The highest BCUT2D eigenvalue weighted by Gasteiger charge is 2.15. The Morgan fingerprint density at radius 2 is 1.84 bits per heavy atom. The van der Waals surface area contributed by atoms with Crippen molar-refractivity contribution in [3.8, 4) is 0 Å². The number of amides is 2. The minimum Gasteiger partial charge on any atom is -0.371 e. The molecule has 132 valence electrons. The van der Waals surface area contributed by atoms with Gasteiger partial charge in [0.25, 0.3) is 0 Å². The first-order valence-corrected chi connectivity index (χ1v) is 9.01. The Balaban J connectivity index is 1.57. The van der Waals surface area contributed by atoms with Crippen LogP contribution in [-0.2, 0) is 6.54 Å². The third-order valence-electron chi connectivity index (χ3n) is 4.68. The Morgan fingerprint density at radius 1 is 1.12 bits per heavy atom. The van der Waals surface area contributed by atoms with Gasteiger partial charge in [0.1, 0.15) is 0 Å². The molecule has 5 heteroatoms. The van der Waals surface area contributed by atoms with E-state index < -0.39 is 0 Å². The first kappa shape index (κ1) is 17.3. The lowest BCUT2D eigenvalue weighted by Gasteiger charge is -2.30. The predicted molar refractivity (Wildman–Crippen MR) is 101 cm³/mol. The standard InChI is InChI=1S/C20H26N4O/c1-16(17-9-11-21-12-10-17)23-20(25)22-15-18-7-3-4-8-19(18)24-13-5-2-6-14-24/h3-4,7-12,16H,2,5-6,13-15H2,1H3,(H2,22,23,25)/t16-/m1/s1. The van der Waals surface area contributed by atoms with Crippen molar-refractivity contribution >= 4 is 11.7 Å². The van der Waals surface area contributed by atoms with E-state index in [0.29, 0.717) is 6.54 Å². The third-order valence-corrected chi connectivity index (χ3v) is 4.68. The molecule has 1 fully saturated rings. The predicted octanol–water partition coefficient (Wildman–Crippen LogP) is 3.63. The van der Waals surface area contributed by atoms with Crippen LogP contribution in [0.3, 0.4) is 0 Å². The smallest absolute Gasteiger partial charge is 0.315 e. The van der Waals surface area contributed by atoms with E-state index in [2.05, 4.69) is 38.7 Å². The second-order valence-corrected chi connectivity index (χ2v) is 6.51. The van der Waals surface area contributed by atoms with Gasteiger partial charge in [-0.05, 0) is 55.5 Å². The van der Waals surface area contributed by atoms with Crippen molar-refractivity contribution in [2.45, 2.75) is 38.8 Å². The minimum absolute atomic E-state index is 0.0552. The van der Waals surface area contributed by atoms with Gasteiger partial charge in [0, 0.05) is 37.7 Å². The van der Waals surface area contributed by atoms with E-state index in [4.69, 9.17) is 0 Å². The Morgan fingerprint density at radius 3 is 2.60 bits per heavy atom. The van der Waals surface area contributed by atoms with Crippen LogP contribution in [0.2, 0.25) is 0 Å². The van der Waals surface area contributed by atoms with Crippen molar-refractivity contribution in [1.82, 2.24) is 15.6 Å². The normalized spacial score (nSPS) is 15.5. The van der Waals surface area contributed by atoms with Crippen LogP contribution in [0.5, 0.6) is 0 Å². The molecule has 1 aromatic heterocycles. The van der Waals surface area contributed by atoms with Crippen LogP contribution in [0, 0.1) is 0 Å². The number of carbonyl (C=O) groups is 1. The number of nitrogens with one attached hydrogen (secondary N) is 2. The molecule has 1 aliphatic rings. The summed E-state index contributed by atoms with van der Waals surface area (Å²) in [6.45, 7) is 4.70. The Hall–Kier alpha value is -2.56. The molecule has 1 saturated heterocycles. The number of pyridine rings is 1. The van der Waals surface area contributed by atoms with E-state index in [0.717, 1.165) is 24.2 Å². The van der Waals surface area contributed by atoms with Crippen LogP contribution >= 0.6 is 0 Å². The molecule has 0 saturated carbocycles. The molecule has 0 aliphatic carbocycles. The maximum absolute atomic E-state index is 12.2. The summed E-state index contributed by atoms with van der Waals surface area (Å²) in [6.07, 6.45) is 7.27. The molecule has 2 amide bonds. The van der Waals surface area contributed by atoms with E-state index in [9.17, 15) is 4.79 Å². The summed E-state index contributed by atoms with van der Waals surface area (Å²) in [6, 6.07) is 12.0. The zero-order chi connectivity index (χ0) is 17.5. The van der Waals surface area contributed by atoms with Gasteiger partial charge in [0.05, 0.1) is 6.04 Å². The Bertz CT molecular complexity index is 683. The molecule has 1 aliphatic heterocycles. The SMILES string of the molecule is C[C@@H](NC(=O)NCc1ccccc1N1CCCCC1)c1ccncc1. The molecule has 3 rings (SSSR count). The molecular weight excluding hydrogens is 312 g/mol. The number of nitrogens with zero attached hydrogens (tertiary/aromatic N) is 2. The fourth-order valence-corrected chi connectivity index (χ4v) is 3.26. The van der Waals surface area contributed by atoms with Crippen LogP contribution in [0.15, 0.2) is 48.8 Å². The second kappa shape index (κ2) is 8.51. The van der Waals surface area contributed by atoms with E-state index in [1.165, 1.54) is 24.9 Å². The third kappa shape index (κ3) is 4.72. The lowest BCUT2D eigenvalue weighted by atomic mass is 10.1. The van der Waals surface area contributed by atoms with Gasteiger partial charge in [-0.15, -0.1) is 0 Å². The zero-order valence-corrected chi connectivity index (χ0v) is 14.7. The van der Waals surface area contributed by atoms with Crippen molar-refractivity contribution < 1.29 is 4.79 Å². The zero-order valence-electron chi connectivity index (χ0n) is 14.7. The number of benzene rings is 1. The maximum atomic E-state index is 12.2. The van der Waals surface area contributed by atoms with Gasteiger partial charge >= 0.3 is 6.03 Å². The summed E-state index contributed by atoms with van der Waals surface area (Å²) >= 11 is 0. The number of rotatable bonds is 5. The van der Waals surface area contributed by atoms with Crippen molar-refractivity contribution in [3.05, 3.63) is 59.9 Å². The second-order valence-electron chi connectivity index (χ2n) is 6.51. The van der Waals surface area contributed by atoms with E-state index in [1.54, 1.807) is 12.4 Å². The summed E-state index contributed by atoms with van der Waals surface area (Å²) in [5.41, 5.74) is 3.44. The fourth-order valence-electron chi connectivity index (χ4n) is 3.26. The van der Waals surface area contributed by atoms with Gasteiger partial charge in [0.2, 0.25) is 0 Å². The number of urea groups is 1. The number of para-hydroxylation sites is 1. The number of piperidine rings is 1. The van der Waals surface area contributed by atoms with Gasteiger partial charge in [-0.25, -0.2) is 4.79 Å². The van der Waals surface area contributed by atoms with Crippen LogP contribution < -0.4 is 15.5 Å². The summed E-state index contributed by atoms with van der Waals surface area (Å²) in [7, 11) is 0. The van der Waals surface area contributed by atoms with Crippen LogP contribution in [0.4, 0.5) is 10.5 Å². The average molecular weight is 338 g/mol. The van der Waals surface area contributed by atoms with Gasteiger partial charge in [0.15, 0.2) is 0 Å². The number of carbonyl (C=O) groups excluding carboxylic acids is 1. The monoisotopic (exact) mass is 338 g/mol. The van der Waals surface area contributed by atoms with E-state index in [-0.39, 0.29) is 12.1 Å². The summed E-state index contributed by atoms with van der Waals surface area (Å²) < 4.78 is 0. The summed E-state index contributed by atoms with van der Waals surface area (Å²) in [5, 5.41) is 5.96. The fraction of sp³-hybridized carbons (Fsp3) is 0.400. The van der Waals surface area contributed by atoms with Crippen LogP contribution in [-0.4, -0.2) is 24.1 Å². The first-order valence-electron chi connectivity index (χ1n) is 9.01. The molecule has 2 N–H and O–H groups in total. The number of aromatic nitrogens is 1. The molecule has 2 heterocycles. The topological polar surface area (TPSA) is 57.3 Å². The first-order chi connectivity index (χ1) is 12.2. The van der Waals surface area contributed by atoms with Crippen molar-refractivity contribution in [2.24, 2.45) is 0 Å². The molecule has 5 nitrogen and oxygen atoms in total. The highest BCUT2D eigenvalue weighted by molar-refractivity contribution is 5.74. The maximum Gasteiger partial charge on any atom is 0.315 e. The van der Waals surface area contributed by atoms with E-state index in [1.807, 2.05) is 25.1 Å². The number of hydrogen-bond donors (Lipinski definition) is 2. The molecular formula is C20H26N4O. The molecule has 0 radical (unpaired) electrons. The van der Waals surface area contributed by atoms with Gasteiger partial charge < -0.3 is 15.5 Å².